The first-order valence-corrected chi connectivity index (χ1v) is 16.4. The van der Waals surface area contributed by atoms with E-state index >= 15 is 0 Å². The molecule has 2 aromatic rings. The minimum Gasteiger partial charge on any atom is -0.458 e. The van der Waals surface area contributed by atoms with E-state index in [1.165, 1.54) is 0 Å². The molecule has 9 nitrogen and oxygen atoms in total. The lowest BCUT2D eigenvalue weighted by molar-refractivity contribution is -0.159. The average molecular weight is 646 g/mol. The van der Waals surface area contributed by atoms with Crippen molar-refractivity contribution in [3.8, 4) is 12.3 Å². The fraction of sp³-hybridized carbons (Fsp3) is 0.526. The third-order valence-electron chi connectivity index (χ3n) is 7.63. The number of nitrogens with zero attached hydrogens (tertiary/aromatic N) is 1. The SMILES string of the molecule is C#Cc1ccc(C(C(=O)NC(Cc2ccccc2)C(=O)OC(C)(C)C)N(C(=O)C(CC(C)C)NC(=O)OC(C)(C)C)C2CCC2)cc1. The van der Waals surface area contributed by atoms with Crippen LogP contribution < -0.4 is 10.6 Å². The van der Waals surface area contributed by atoms with E-state index in [2.05, 4.69) is 16.6 Å². The van der Waals surface area contributed by atoms with Crippen LogP contribution in [0.15, 0.2) is 54.6 Å². The molecule has 3 amide bonds. The molecule has 0 bridgehead atoms. The van der Waals surface area contributed by atoms with E-state index in [9.17, 15) is 19.2 Å². The molecular formula is C38H51N3O6. The van der Waals surface area contributed by atoms with Crippen LogP contribution in [-0.4, -0.2) is 58.1 Å². The van der Waals surface area contributed by atoms with Gasteiger partial charge in [0.05, 0.1) is 0 Å². The molecule has 2 N–H and O–H groups in total. The molecule has 1 saturated carbocycles. The summed E-state index contributed by atoms with van der Waals surface area (Å²) in [6.07, 6.45) is 7.72. The van der Waals surface area contributed by atoms with Gasteiger partial charge in [0.15, 0.2) is 0 Å². The van der Waals surface area contributed by atoms with Gasteiger partial charge in [0.25, 0.3) is 0 Å². The van der Waals surface area contributed by atoms with Gasteiger partial charge >= 0.3 is 12.1 Å². The third-order valence-corrected chi connectivity index (χ3v) is 7.63. The van der Waals surface area contributed by atoms with Gasteiger partial charge in [-0.2, -0.15) is 0 Å². The normalized spacial score (nSPS) is 15.3. The highest BCUT2D eigenvalue weighted by Crippen LogP contribution is 2.34. The molecule has 254 valence electrons. The van der Waals surface area contributed by atoms with Crippen molar-refractivity contribution >= 4 is 23.9 Å². The van der Waals surface area contributed by atoms with E-state index in [0.717, 1.165) is 12.0 Å². The highest BCUT2D eigenvalue weighted by Gasteiger charge is 2.43. The van der Waals surface area contributed by atoms with Crippen molar-refractivity contribution in [1.29, 1.82) is 0 Å². The Morgan fingerprint density at radius 2 is 1.47 bits per heavy atom. The first-order valence-electron chi connectivity index (χ1n) is 16.4. The standard InChI is InChI=1S/C38H51N3O6/c1-10-26-19-21-28(22-20-26)32(33(42)39-31(35(44)46-37(4,5)6)24-27-15-12-11-13-16-27)41(29-17-14-18-29)34(43)30(23-25(2)3)40-36(45)47-38(7,8)9/h1,11-13,15-16,19-22,25,29-32H,14,17-18,23-24H2,2-9H3,(H,39,42)(H,40,45). The first-order chi connectivity index (χ1) is 22.0. The van der Waals surface area contributed by atoms with E-state index in [1.54, 1.807) is 70.7 Å². The minimum atomic E-state index is -1.12. The summed E-state index contributed by atoms with van der Waals surface area (Å²) < 4.78 is 11.2. The van der Waals surface area contributed by atoms with Crippen LogP contribution in [0.2, 0.25) is 0 Å². The zero-order valence-electron chi connectivity index (χ0n) is 29.1. The molecule has 1 aliphatic carbocycles. The molecule has 3 atom stereocenters. The Bertz CT molecular complexity index is 1410. The predicted molar refractivity (Wildman–Crippen MR) is 182 cm³/mol. The van der Waals surface area contributed by atoms with Crippen molar-refractivity contribution in [1.82, 2.24) is 15.5 Å². The molecule has 3 rings (SSSR count). The quantitative estimate of drug-likeness (QED) is 0.213. The summed E-state index contributed by atoms with van der Waals surface area (Å²) in [5, 5.41) is 5.73. The average Bonchev–Trinajstić information content (AvgIpc) is 2.93. The van der Waals surface area contributed by atoms with Crippen LogP contribution in [-0.2, 0) is 30.3 Å². The summed E-state index contributed by atoms with van der Waals surface area (Å²) in [5.74, 6) is 1.13. The van der Waals surface area contributed by atoms with Gasteiger partial charge in [-0.1, -0.05) is 62.2 Å². The Labute approximate surface area is 280 Å². The lowest BCUT2D eigenvalue weighted by Gasteiger charge is -2.44. The largest absolute Gasteiger partial charge is 0.458 e. The van der Waals surface area contributed by atoms with Crippen molar-refractivity contribution in [3.63, 3.8) is 0 Å². The molecule has 0 spiro atoms. The number of ether oxygens (including phenoxy) is 2. The van der Waals surface area contributed by atoms with Crippen LogP contribution in [0.1, 0.15) is 104 Å². The second-order valence-electron chi connectivity index (χ2n) is 14.6. The zero-order chi connectivity index (χ0) is 34.9. The molecular weight excluding hydrogens is 594 g/mol. The topological polar surface area (TPSA) is 114 Å². The number of terminal acetylenes is 1. The Kier molecular flexibility index (Phi) is 12.6. The number of carbonyl (C=O) groups excluding carboxylic acids is 4. The molecule has 2 aromatic carbocycles. The molecule has 1 fully saturated rings. The van der Waals surface area contributed by atoms with Crippen LogP contribution in [0.5, 0.6) is 0 Å². The molecule has 0 aliphatic heterocycles. The molecule has 9 heteroatoms. The fourth-order valence-corrected chi connectivity index (χ4v) is 5.37. The summed E-state index contributed by atoms with van der Waals surface area (Å²) in [7, 11) is 0. The molecule has 0 aromatic heterocycles. The number of amides is 3. The number of hydrogen-bond acceptors (Lipinski definition) is 6. The second kappa shape index (κ2) is 16.0. The van der Waals surface area contributed by atoms with E-state index in [-0.39, 0.29) is 18.4 Å². The Balaban J connectivity index is 2.08. The number of nitrogens with one attached hydrogen (secondary N) is 2. The molecule has 47 heavy (non-hydrogen) atoms. The van der Waals surface area contributed by atoms with Crippen molar-refractivity contribution in [3.05, 3.63) is 71.3 Å². The number of alkyl carbamates (subject to hydrolysis) is 1. The molecule has 0 radical (unpaired) electrons. The van der Waals surface area contributed by atoms with Crippen molar-refractivity contribution < 1.29 is 28.7 Å². The summed E-state index contributed by atoms with van der Waals surface area (Å²) in [4.78, 5) is 57.2. The summed E-state index contributed by atoms with van der Waals surface area (Å²) in [6.45, 7) is 14.5. The lowest BCUT2D eigenvalue weighted by atomic mass is 9.87. The van der Waals surface area contributed by atoms with Crippen LogP contribution in [0.3, 0.4) is 0 Å². The van der Waals surface area contributed by atoms with Crippen LogP contribution in [0, 0.1) is 18.3 Å². The Hall–Kier alpha value is -4.32. The number of hydrogen-bond donors (Lipinski definition) is 2. The van der Waals surface area contributed by atoms with Gasteiger partial charge in [-0.3, -0.25) is 9.59 Å². The van der Waals surface area contributed by atoms with Crippen molar-refractivity contribution in [2.45, 2.75) is 123 Å². The van der Waals surface area contributed by atoms with E-state index in [4.69, 9.17) is 15.9 Å². The van der Waals surface area contributed by atoms with Crippen LogP contribution in [0.25, 0.3) is 0 Å². The molecule has 3 unspecified atom stereocenters. The number of esters is 1. The van der Waals surface area contributed by atoms with Gasteiger partial charge < -0.3 is 25.0 Å². The van der Waals surface area contributed by atoms with E-state index in [0.29, 0.717) is 30.4 Å². The molecule has 0 heterocycles. The predicted octanol–water partition coefficient (Wildman–Crippen LogP) is 6.10. The van der Waals surface area contributed by atoms with Gasteiger partial charge in [-0.15, -0.1) is 6.42 Å². The van der Waals surface area contributed by atoms with Crippen molar-refractivity contribution in [2.24, 2.45) is 5.92 Å². The Morgan fingerprint density at radius 3 is 1.96 bits per heavy atom. The third kappa shape index (κ3) is 11.5. The van der Waals surface area contributed by atoms with Gasteiger partial charge in [0.2, 0.25) is 11.8 Å². The maximum Gasteiger partial charge on any atom is 0.408 e. The van der Waals surface area contributed by atoms with Gasteiger partial charge in [-0.25, -0.2) is 9.59 Å². The lowest BCUT2D eigenvalue weighted by Crippen LogP contribution is -2.59. The van der Waals surface area contributed by atoms with Crippen LogP contribution in [0.4, 0.5) is 4.79 Å². The number of carbonyl (C=O) groups is 4. The molecule has 1 aliphatic rings. The van der Waals surface area contributed by atoms with Gasteiger partial charge in [0, 0.05) is 18.0 Å². The second-order valence-corrected chi connectivity index (χ2v) is 14.6. The summed E-state index contributed by atoms with van der Waals surface area (Å²) >= 11 is 0. The summed E-state index contributed by atoms with van der Waals surface area (Å²) in [6, 6.07) is 12.9. The smallest absolute Gasteiger partial charge is 0.408 e. The molecule has 0 saturated heterocycles. The number of benzene rings is 2. The summed E-state index contributed by atoms with van der Waals surface area (Å²) in [5.41, 5.74) is 0.440. The zero-order valence-corrected chi connectivity index (χ0v) is 29.1. The van der Waals surface area contributed by atoms with E-state index in [1.807, 2.05) is 44.2 Å². The fourth-order valence-electron chi connectivity index (χ4n) is 5.37. The van der Waals surface area contributed by atoms with Crippen LogP contribution >= 0.6 is 0 Å². The first kappa shape index (κ1) is 37.1. The Morgan fingerprint density at radius 1 is 0.872 bits per heavy atom. The maximum atomic E-state index is 14.6. The van der Waals surface area contributed by atoms with E-state index < -0.39 is 53.2 Å². The highest BCUT2D eigenvalue weighted by atomic mass is 16.6. The van der Waals surface area contributed by atoms with Gasteiger partial charge in [-0.05, 0) is 96.4 Å². The van der Waals surface area contributed by atoms with Crippen molar-refractivity contribution in [2.75, 3.05) is 0 Å². The highest BCUT2D eigenvalue weighted by molar-refractivity contribution is 5.94. The monoisotopic (exact) mass is 645 g/mol. The maximum absolute atomic E-state index is 14.6. The van der Waals surface area contributed by atoms with Gasteiger partial charge in [0.1, 0.15) is 29.3 Å². The number of rotatable bonds is 12. The minimum absolute atomic E-state index is 0.0479.